The summed E-state index contributed by atoms with van der Waals surface area (Å²) in [5.41, 5.74) is 8.38. The molecule has 3 N–H and O–H groups in total. The van der Waals surface area contributed by atoms with Gasteiger partial charge in [0.25, 0.3) is 0 Å². The highest BCUT2D eigenvalue weighted by Crippen LogP contribution is 2.32. The summed E-state index contributed by atoms with van der Waals surface area (Å²) in [5.74, 6) is 0. The van der Waals surface area contributed by atoms with Gasteiger partial charge in [-0.15, -0.1) is 0 Å². The maximum absolute atomic E-state index is 5.75. The first-order valence-corrected chi connectivity index (χ1v) is 7.01. The number of aromatic nitrogens is 2. The number of aromatic amines is 1. The zero-order valence-electron chi connectivity index (χ0n) is 9.35. The molecular formula is C13H10BrN3S. The number of rotatable bonds is 2. The van der Waals surface area contributed by atoms with Crippen molar-refractivity contribution in [3.05, 3.63) is 46.9 Å². The van der Waals surface area contributed by atoms with Gasteiger partial charge in [0.05, 0.1) is 11.0 Å². The predicted molar refractivity (Wildman–Crippen MR) is 78.8 cm³/mol. The Morgan fingerprint density at radius 3 is 2.83 bits per heavy atom. The van der Waals surface area contributed by atoms with Gasteiger partial charge in [0.15, 0.2) is 5.16 Å². The van der Waals surface area contributed by atoms with Gasteiger partial charge < -0.3 is 10.7 Å². The standard InChI is InChI=1S/C13H10BrN3S/c14-9-3-1-2-4-12(9)18-13-16-10-6-5-8(15)7-11(10)17-13/h1-7H,15H2,(H,16,17). The molecule has 0 unspecified atom stereocenters. The number of nitrogens with zero attached hydrogens (tertiary/aromatic N) is 1. The van der Waals surface area contributed by atoms with Gasteiger partial charge in [-0.3, -0.25) is 0 Å². The summed E-state index contributed by atoms with van der Waals surface area (Å²) < 4.78 is 1.06. The molecule has 90 valence electrons. The topological polar surface area (TPSA) is 54.7 Å². The largest absolute Gasteiger partial charge is 0.399 e. The van der Waals surface area contributed by atoms with Crippen molar-refractivity contribution in [1.29, 1.82) is 0 Å². The summed E-state index contributed by atoms with van der Waals surface area (Å²) in [4.78, 5) is 8.91. The molecule has 3 nitrogen and oxygen atoms in total. The average molecular weight is 320 g/mol. The van der Waals surface area contributed by atoms with E-state index in [2.05, 4.69) is 32.0 Å². The van der Waals surface area contributed by atoms with Crippen LogP contribution in [0.5, 0.6) is 0 Å². The van der Waals surface area contributed by atoms with Gasteiger partial charge in [-0.2, -0.15) is 0 Å². The number of nitrogens with two attached hydrogens (primary N) is 1. The Kier molecular flexibility index (Phi) is 3.01. The maximum atomic E-state index is 5.75. The Labute approximate surface area is 117 Å². The van der Waals surface area contributed by atoms with Crippen molar-refractivity contribution in [3.8, 4) is 0 Å². The summed E-state index contributed by atoms with van der Waals surface area (Å²) in [5, 5.41) is 0.863. The fourth-order valence-electron chi connectivity index (χ4n) is 1.68. The highest BCUT2D eigenvalue weighted by atomic mass is 79.9. The summed E-state index contributed by atoms with van der Waals surface area (Å²) in [6.07, 6.45) is 0. The minimum Gasteiger partial charge on any atom is -0.399 e. The molecule has 5 heteroatoms. The molecule has 1 heterocycles. The van der Waals surface area contributed by atoms with E-state index >= 15 is 0 Å². The fraction of sp³-hybridized carbons (Fsp3) is 0. The van der Waals surface area contributed by atoms with Crippen molar-refractivity contribution in [3.63, 3.8) is 0 Å². The Bertz CT molecular complexity index is 708. The number of fused-ring (bicyclic) bond motifs is 1. The molecule has 0 aliphatic carbocycles. The van der Waals surface area contributed by atoms with Gasteiger partial charge in [0.1, 0.15) is 0 Å². The van der Waals surface area contributed by atoms with Crippen LogP contribution in [0.1, 0.15) is 0 Å². The van der Waals surface area contributed by atoms with E-state index in [1.54, 1.807) is 11.8 Å². The van der Waals surface area contributed by atoms with E-state index in [1.807, 2.05) is 36.4 Å². The van der Waals surface area contributed by atoms with E-state index in [0.717, 1.165) is 31.2 Å². The third kappa shape index (κ3) is 2.23. The molecular weight excluding hydrogens is 310 g/mol. The van der Waals surface area contributed by atoms with Gasteiger partial charge in [-0.05, 0) is 46.3 Å². The second-order valence-corrected chi connectivity index (χ2v) is 5.74. The molecule has 0 spiro atoms. The number of nitrogens with one attached hydrogen (secondary N) is 1. The second kappa shape index (κ2) is 4.66. The number of benzene rings is 2. The SMILES string of the molecule is Nc1ccc2nc(Sc3ccccc3Br)[nH]c2c1. The first-order chi connectivity index (χ1) is 8.72. The van der Waals surface area contributed by atoms with Crippen LogP contribution in [-0.2, 0) is 0 Å². The lowest BCUT2D eigenvalue weighted by Gasteiger charge is -1.99. The zero-order chi connectivity index (χ0) is 12.5. The number of imidazole rings is 1. The minimum atomic E-state index is 0.739. The molecule has 0 saturated carbocycles. The van der Waals surface area contributed by atoms with E-state index in [9.17, 15) is 0 Å². The monoisotopic (exact) mass is 319 g/mol. The summed E-state index contributed by atoms with van der Waals surface area (Å²) in [7, 11) is 0. The molecule has 0 fully saturated rings. The molecule has 18 heavy (non-hydrogen) atoms. The van der Waals surface area contributed by atoms with Crippen LogP contribution in [0.15, 0.2) is 57.0 Å². The first-order valence-electron chi connectivity index (χ1n) is 5.40. The third-order valence-corrected chi connectivity index (χ3v) is 4.44. The fourth-order valence-corrected chi connectivity index (χ4v) is 3.04. The number of anilines is 1. The van der Waals surface area contributed by atoms with Crippen LogP contribution in [-0.4, -0.2) is 9.97 Å². The van der Waals surface area contributed by atoms with Crippen LogP contribution in [0.4, 0.5) is 5.69 Å². The smallest absolute Gasteiger partial charge is 0.171 e. The first kappa shape index (κ1) is 11.6. The van der Waals surface area contributed by atoms with Gasteiger partial charge >= 0.3 is 0 Å². The molecule has 3 aromatic rings. The van der Waals surface area contributed by atoms with E-state index in [0.29, 0.717) is 0 Å². The van der Waals surface area contributed by atoms with Crippen molar-refractivity contribution in [2.24, 2.45) is 0 Å². The Balaban J connectivity index is 1.98. The lowest BCUT2D eigenvalue weighted by molar-refractivity contribution is 1.08. The maximum Gasteiger partial charge on any atom is 0.171 e. The molecule has 0 atom stereocenters. The summed E-state index contributed by atoms with van der Waals surface area (Å²) in [6.45, 7) is 0. The van der Waals surface area contributed by atoms with Gasteiger partial charge in [-0.1, -0.05) is 23.9 Å². The molecule has 0 aliphatic heterocycles. The summed E-state index contributed by atoms with van der Waals surface area (Å²) >= 11 is 5.12. The average Bonchev–Trinajstić information content (AvgIpc) is 2.73. The van der Waals surface area contributed by atoms with Crippen molar-refractivity contribution in [2.75, 3.05) is 5.73 Å². The van der Waals surface area contributed by atoms with Crippen molar-refractivity contribution in [1.82, 2.24) is 9.97 Å². The Morgan fingerprint density at radius 1 is 1.17 bits per heavy atom. The number of H-pyrrole nitrogens is 1. The van der Waals surface area contributed by atoms with Gasteiger partial charge in [0.2, 0.25) is 0 Å². The van der Waals surface area contributed by atoms with Crippen LogP contribution in [0, 0.1) is 0 Å². The quantitative estimate of drug-likeness (QED) is 0.700. The van der Waals surface area contributed by atoms with Crippen molar-refractivity contribution in [2.45, 2.75) is 10.1 Å². The highest BCUT2D eigenvalue weighted by Gasteiger charge is 2.06. The van der Waals surface area contributed by atoms with Gasteiger partial charge in [0, 0.05) is 15.1 Å². The second-order valence-electron chi connectivity index (χ2n) is 3.85. The lowest BCUT2D eigenvalue weighted by Crippen LogP contribution is -1.82. The van der Waals surface area contributed by atoms with Crippen molar-refractivity contribution < 1.29 is 0 Å². The van der Waals surface area contributed by atoms with Crippen LogP contribution in [0.25, 0.3) is 11.0 Å². The normalized spacial score (nSPS) is 10.9. The molecule has 3 rings (SSSR count). The van der Waals surface area contributed by atoms with Crippen LogP contribution < -0.4 is 5.73 Å². The summed E-state index contributed by atoms with van der Waals surface area (Å²) in [6, 6.07) is 13.7. The van der Waals surface area contributed by atoms with E-state index in [4.69, 9.17) is 5.73 Å². The van der Waals surface area contributed by atoms with Crippen LogP contribution in [0.3, 0.4) is 0 Å². The molecule has 0 radical (unpaired) electrons. The van der Waals surface area contributed by atoms with E-state index in [-0.39, 0.29) is 0 Å². The molecule has 0 saturated heterocycles. The number of hydrogen-bond acceptors (Lipinski definition) is 3. The number of hydrogen-bond donors (Lipinski definition) is 2. The Morgan fingerprint density at radius 2 is 2.00 bits per heavy atom. The highest BCUT2D eigenvalue weighted by molar-refractivity contribution is 9.10. The lowest BCUT2D eigenvalue weighted by atomic mass is 10.3. The van der Waals surface area contributed by atoms with Crippen LogP contribution in [0.2, 0.25) is 0 Å². The molecule has 0 bridgehead atoms. The number of nitrogen functional groups attached to an aromatic ring is 1. The number of halogens is 1. The minimum absolute atomic E-state index is 0.739. The third-order valence-electron chi connectivity index (χ3n) is 2.53. The zero-order valence-corrected chi connectivity index (χ0v) is 11.8. The van der Waals surface area contributed by atoms with Crippen LogP contribution >= 0.6 is 27.7 Å². The van der Waals surface area contributed by atoms with Crippen molar-refractivity contribution >= 4 is 44.4 Å². The Hall–Kier alpha value is -1.46. The molecule has 0 aliphatic rings. The van der Waals surface area contributed by atoms with Gasteiger partial charge in [-0.25, -0.2) is 4.98 Å². The predicted octanol–water partition coefficient (Wildman–Crippen LogP) is 4.06. The van der Waals surface area contributed by atoms with E-state index in [1.165, 1.54) is 0 Å². The molecule has 2 aromatic carbocycles. The molecule has 0 amide bonds. The molecule has 1 aromatic heterocycles. The van der Waals surface area contributed by atoms with E-state index < -0.39 is 0 Å².